The molecule has 0 aliphatic heterocycles. The van der Waals surface area contributed by atoms with Gasteiger partial charge >= 0.3 is 0 Å². The molecule has 3 nitrogen and oxygen atoms in total. The van der Waals surface area contributed by atoms with Crippen molar-refractivity contribution in [2.75, 3.05) is 0 Å². The van der Waals surface area contributed by atoms with Crippen molar-refractivity contribution in [3.63, 3.8) is 0 Å². The average molecular weight is 234 g/mol. The van der Waals surface area contributed by atoms with Crippen molar-refractivity contribution < 1.29 is 5.11 Å². The van der Waals surface area contributed by atoms with E-state index in [4.69, 9.17) is 0 Å². The Balaban J connectivity index is 1.83. The molecule has 3 heteroatoms. The van der Waals surface area contributed by atoms with Gasteiger partial charge in [0.05, 0.1) is 5.60 Å². The Labute approximate surface area is 103 Å². The van der Waals surface area contributed by atoms with Crippen molar-refractivity contribution in [2.24, 2.45) is 5.41 Å². The van der Waals surface area contributed by atoms with Gasteiger partial charge in [-0.05, 0) is 37.5 Å². The summed E-state index contributed by atoms with van der Waals surface area (Å²) in [7, 11) is 0. The summed E-state index contributed by atoms with van der Waals surface area (Å²) < 4.78 is 0. The van der Waals surface area contributed by atoms with Crippen LogP contribution in [0.1, 0.15) is 57.2 Å². The van der Waals surface area contributed by atoms with Gasteiger partial charge in [0.2, 0.25) is 0 Å². The van der Waals surface area contributed by atoms with E-state index in [2.05, 4.69) is 9.97 Å². The van der Waals surface area contributed by atoms with Crippen molar-refractivity contribution in [1.82, 2.24) is 9.97 Å². The molecule has 0 aromatic carbocycles. The zero-order valence-electron chi connectivity index (χ0n) is 10.4. The second-order valence-electron chi connectivity index (χ2n) is 5.94. The number of rotatable bonds is 2. The number of hydrogen-bond donors (Lipinski definition) is 2. The maximum atomic E-state index is 11.1. The van der Waals surface area contributed by atoms with E-state index in [0.717, 1.165) is 12.2 Å². The highest BCUT2D eigenvalue weighted by atomic mass is 16.3. The summed E-state index contributed by atoms with van der Waals surface area (Å²) >= 11 is 0. The van der Waals surface area contributed by atoms with Crippen LogP contribution in [0.2, 0.25) is 0 Å². The maximum Gasteiger partial charge on any atom is 0.108 e. The van der Waals surface area contributed by atoms with Crippen molar-refractivity contribution in [1.29, 1.82) is 0 Å². The van der Waals surface area contributed by atoms with Gasteiger partial charge in [0.25, 0.3) is 0 Å². The molecule has 3 rings (SSSR count). The molecule has 0 radical (unpaired) electrons. The Morgan fingerprint density at radius 2 is 1.88 bits per heavy atom. The van der Waals surface area contributed by atoms with Gasteiger partial charge in [-0.2, -0.15) is 0 Å². The number of aromatic amines is 1. The number of aromatic nitrogens is 2. The fraction of sp³-hybridized carbons (Fsp3) is 0.786. The molecule has 2 aliphatic carbocycles. The van der Waals surface area contributed by atoms with Crippen molar-refractivity contribution >= 4 is 0 Å². The average Bonchev–Trinajstić information content (AvgIpc) is 2.91. The molecule has 17 heavy (non-hydrogen) atoms. The highest BCUT2D eigenvalue weighted by molar-refractivity contribution is 5.09. The molecule has 0 amide bonds. The van der Waals surface area contributed by atoms with Crippen molar-refractivity contribution in [3.8, 4) is 0 Å². The van der Waals surface area contributed by atoms with E-state index in [-0.39, 0.29) is 5.41 Å². The molecule has 1 atom stereocenters. The van der Waals surface area contributed by atoms with Crippen LogP contribution in [0.5, 0.6) is 0 Å². The van der Waals surface area contributed by atoms with E-state index < -0.39 is 5.60 Å². The SMILES string of the molecule is OC1(Cc2ncc[nH]2)CCCC12CCCCC2. The lowest BCUT2D eigenvalue weighted by atomic mass is 9.64. The summed E-state index contributed by atoms with van der Waals surface area (Å²) in [6, 6.07) is 0. The molecule has 0 saturated heterocycles. The van der Waals surface area contributed by atoms with E-state index in [1.165, 1.54) is 44.9 Å². The van der Waals surface area contributed by atoms with Crippen LogP contribution < -0.4 is 0 Å². The van der Waals surface area contributed by atoms with Crippen LogP contribution in [0.25, 0.3) is 0 Å². The number of nitrogens with zero attached hydrogens (tertiary/aromatic N) is 1. The number of imidazole rings is 1. The minimum atomic E-state index is -0.509. The third-order valence-electron chi connectivity index (χ3n) is 5.06. The van der Waals surface area contributed by atoms with Crippen LogP contribution in [0.4, 0.5) is 0 Å². The van der Waals surface area contributed by atoms with Crippen molar-refractivity contribution in [3.05, 3.63) is 18.2 Å². The van der Waals surface area contributed by atoms with E-state index >= 15 is 0 Å². The first-order chi connectivity index (χ1) is 8.24. The van der Waals surface area contributed by atoms with Gasteiger partial charge in [-0.25, -0.2) is 4.98 Å². The smallest absolute Gasteiger partial charge is 0.108 e. The highest BCUT2D eigenvalue weighted by Crippen LogP contribution is 2.56. The minimum absolute atomic E-state index is 0.192. The first kappa shape index (κ1) is 11.3. The molecule has 1 spiro atoms. The minimum Gasteiger partial charge on any atom is -0.389 e. The first-order valence-electron chi connectivity index (χ1n) is 6.95. The lowest BCUT2D eigenvalue weighted by Gasteiger charge is -2.45. The summed E-state index contributed by atoms with van der Waals surface area (Å²) in [6.07, 6.45) is 14.0. The molecular weight excluding hydrogens is 212 g/mol. The topological polar surface area (TPSA) is 48.9 Å². The summed E-state index contributed by atoms with van der Waals surface area (Å²) in [4.78, 5) is 7.43. The predicted octanol–water partition coefficient (Wildman–Crippen LogP) is 2.82. The van der Waals surface area contributed by atoms with Gasteiger partial charge in [-0.3, -0.25) is 0 Å². The van der Waals surface area contributed by atoms with Crippen molar-refractivity contribution in [2.45, 2.75) is 63.4 Å². The monoisotopic (exact) mass is 234 g/mol. The number of H-pyrrole nitrogens is 1. The van der Waals surface area contributed by atoms with Crippen LogP contribution in [0.3, 0.4) is 0 Å². The Morgan fingerprint density at radius 1 is 1.12 bits per heavy atom. The zero-order valence-corrected chi connectivity index (χ0v) is 10.4. The molecule has 1 unspecified atom stereocenters. The van der Waals surface area contributed by atoms with Gasteiger partial charge in [0.1, 0.15) is 5.82 Å². The third kappa shape index (κ3) is 1.81. The van der Waals surface area contributed by atoms with Crippen LogP contribution >= 0.6 is 0 Å². The Hall–Kier alpha value is -0.830. The molecule has 1 aromatic rings. The summed E-state index contributed by atoms with van der Waals surface area (Å²) in [6.45, 7) is 0. The molecule has 2 fully saturated rings. The molecule has 1 aromatic heterocycles. The standard InChI is InChI=1S/C14H22N2O/c17-14(11-12-15-9-10-16-12)8-4-7-13(14)5-2-1-3-6-13/h9-10,17H,1-8,11H2,(H,15,16). The summed E-state index contributed by atoms with van der Waals surface area (Å²) in [5.41, 5.74) is -0.316. The van der Waals surface area contributed by atoms with Gasteiger partial charge < -0.3 is 10.1 Å². The molecule has 2 N–H and O–H groups in total. The third-order valence-corrected chi connectivity index (χ3v) is 5.06. The molecule has 94 valence electrons. The van der Waals surface area contributed by atoms with Gasteiger partial charge in [0, 0.05) is 18.8 Å². The molecular formula is C14H22N2O. The fourth-order valence-electron chi connectivity index (χ4n) is 4.11. The summed E-state index contributed by atoms with van der Waals surface area (Å²) in [5.74, 6) is 0.944. The molecule has 2 aliphatic rings. The van der Waals surface area contributed by atoms with Gasteiger partial charge in [0.15, 0.2) is 0 Å². The van der Waals surface area contributed by atoms with E-state index in [9.17, 15) is 5.11 Å². The van der Waals surface area contributed by atoms with Crippen LogP contribution in [0.15, 0.2) is 12.4 Å². The Morgan fingerprint density at radius 3 is 2.59 bits per heavy atom. The lowest BCUT2D eigenvalue weighted by Crippen LogP contribution is -2.47. The largest absolute Gasteiger partial charge is 0.389 e. The van der Waals surface area contributed by atoms with E-state index in [1.807, 2.05) is 6.20 Å². The van der Waals surface area contributed by atoms with Gasteiger partial charge in [-0.1, -0.05) is 19.3 Å². The van der Waals surface area contributed by atoms with E-state index in [1.54, 1.807) is 6.20 Å². The normalized spacial score (nSPS) is 32.1. The highest BCUT2D eigenvalue weighted by Gasteiger charge is 2.53. The first-order valence-corrected chi connectivity index (χ1v) is 6.95. The van der Waals surface area contributed by atoms with Gasteiger partial charge in [-0.15, -0.1) is 0 Å². The second kappa shape index (κ2) is 4.13. The van der Waals surface area contributed by atoms with Crippen LogP contribution in [0, 0.1) is 5.41 Å². The molecule has 0 bridgehead atoms. The number of hydrogen-bond acceptors (Lipinski definition) is 2. The predicted molar refractivity (Wildman–Crippen MR) is 66.6 cm³/mol. The Kier molecular flexibility index (Phi) is 2.74. The van der Waals surface area contributed by atoms with Crippen LogP contribution in [-0.2, 0) is 6.42 Å². The fourth-order valence-corrected chi connectivity index (χ4v) is 4.11. The molecule has 2 saturated carbocycles. The molecule has 1 heterocycles. The maximum absolute atomic E-state index is 11.1. The Bertz CT molecular complexity index is 368. The van der Waals surface area contributed by atoms with E-state index in [0.29, 0.717) is 6.42 Å². The number of aliphatic hydroxyl groups is 1. The quantitative estimate of drug-likeness (QED) is 0.826. The number of nitrogens with one attached hydrogen (secondary N) is 1. The zero-order chi connectivity index (χ0) is 11.8. The van der Waals surface area contributed by atoms with Crippen LogP contribution in [-0.4, -0.2) is 20.7 Å². The lowest BCUT2D eigenvalue weighted by molar-refractivity contribution is -0.0810. The second-order valence-corrected chi connectivity index (χ2v) is 5.94. The summed E-state index contributed by atoms with van der Waals surface area (Å²) in [5, 5.41) is 11.1.